The molecule has 2 amide bonds. The molecule has 0 saturated heterocycles. The Kier molecular flexibility index (Phi) is 9.47. The van der Waals surface area contributed by atoms with Crippen LogP contribution in [0.25, 0.3) is 0 Å². The van der Waals surface area contributed by atoms with Gasteiger partial charge in [0.2, 0.25) is 11.8 Å². The number of carbonyl (C=O) groups is 2. The SMILES string of the molecule is COc1cccc(CN(C(=O)CCc2ccc(C)cc2)[C@H](Cc2ccccc2)C(=O)NC(C)C)c1. The van der Waals surface area contributed by atoms with Crippen molar-refractivity contribution in [3.63, 3.8) is 0 Å². The largest absolute Gasteiger partial charge is 0.497 e. The Bertz CT molecular complexity index is 1090. The van der Waals surface area contributed by atoms with E-state index < -0.39 is 6.04 Å². The predicted molar refractivity (Wildman–Crippen MR) is 140 cm³/mol. The standard InChI is InChI=1S/C30H36N2O3/c1-22(2)31-30(34)28(20-25-9-6-5-7-10-25)32(21-26-11-8-12-27(19-26)35-4)29(33)18-17-24-15-13-23(3)14-16-24/h5-16,19,22,28H,17-18,20-21H2,1-4H3,(H,31,34)/t28-/m1/s1. The van der Waals surface area contributed by atoms with E-state index in [1.165, 1.54) is 5.56 Å². The number of methoxy groups -OCH3 is 1. The molecule has 5 heteroatoms. The van der Waals surface area contributed by atoms with Crippen molar-refractivity contribution in [1.82, 2.24) is 10.2 Å². The first-order valence-corrected chi connectivity index (χ1v) is 12.2. The summed E-state index contributed by atoms with van der Waals surface area (Å²) in [6, 6.07) is 25.1. The maximum atomic E-state index is 13.7. The summed E-state index contributed by atoms with van der Waals surface area (Å²) in [5, 5.41) is 3.03. The van der Waals surface area contributed by atoms with Crippen molar-refractivity contribution in [2.24, 2.45) is 0 Å². The molecule has 1 N–H and O–H groups in total. The number of hydrogen-bond donors (Lipinski definition) is 1. The van der Waals surface area contributed by atoms with E-state index in [2.05, 4.69) is 29.6 Å². The van der Waals surface area contributed by atoms with Crippen LogP contribution in [0, 0.1) is 6.92 Å². The smallest absolute Gasteiger partial charge is 0.243 e. The molecule has 184 valence electrons. The van der Waals surface area contributed by atoms with Gasteiger partial charge in [-0.2, -0.15) is 0 Å². The van der Waals surface area contributed by atoms with Crippen molar-refractivity contribution >= 4 is 11.8 Å². The zero-order valence-electron chi connectivity index (χ0n) is 21.2. The Balaban J connectivity index is 1.91. The second kappa shape index (κ2) is 12.7. The molecule has 1 atom stereocenters. The highest BCUT2D eigenvalue weighted by atomic mass is 16.5. The van der Waals surface area contributed by atoms with Crippen LogP contribution in [0.4, 0.5) is 0 Å². The van der Waals surface area contributed by atoms with Crippen molar-refractivity contribution in [3.8, 4) is 5.75 Å². The summed E-state index contributed by atoms with van der Waals surface area (Å²) in [6.45, 7) is 6.24. The van der Waals surface area contributed by atoms with Gasteiger partial charge in [0.15, 0.2) is 0 Å². The van der Waals surface area contributed by atoms with Gasteiger partial charge in [-0.05, 0) is 56.0 Å². The lowest BCUT2D eigenvalue weighted by atomic mass is 10.0. The monoisotopic (exact) mass is 472 g/mol. The lowest BCUT2D eigenvalue weighted by molar-refractivity contribution is -0.141. The summed E-state index contributed by atoms with van der Waals surface area (Å²) in [5.41, 5.74) is 4.23. The first-order valence-electron chi connectivity index (χ1n) is 12.2. The first kappa shape index (κ1) is 26.0. The Morgan fingerprint density at radius 3 is 2.23 bits per heavy atom. The Hall–Kier alpha value is -3.60. The van der Waals surface area contributed by atoms with Gasteiger partial charge in [-0.1, -0.05) is 72.3 Å². The number of aryl methyl sites for hydroxylation is 2. The molecule has 0 bridgehead atoms. The molecule has 3 aromatic rings. The summed E-state index contributed by atoms with van der Waals surface area (Å²) >= 11 is 0. The minimum atomic E-state index is -0.628. The van der Waals surface area contributed by atoms with E-state index >= 15 is 0 Å². The molecule has 35 heavy (non-hydrogen) atoms. The Morgan fingerprint density at radius 1 is 0.886 bits per heavy atom. The van der Waals surface area contributed by atoms with Crippen molar-refractivity contribution in [1.29, 1.82) is 0 Å². The van der Waals surface area contributed by atoms with Gasteiger partial charge in [0.05, 0.1) is 7.11 Å². The number of hydrogen-bond acceptors (Lipinski definition) is 3. The van der Waals surface area contributed by atoms with Gasteiger partial charge in [-0.15, -0.1) is 0 Å². The van der Waals surface area contributed by atoms with Crippen LogP contribution in [0.15, 0.2) is 78.9 Å². The highest BCUT2D eigenvalue weighted by Crippen LogP contribution is 2.20. The van der Waals surface area contributed by atoms with Crippen LogP contribution in [0.1, 0.15) is 42.5 Å². The molecule has 3 rings (SSSR count). The van der Waals surface area contributed by atoms with Crippen LogP contribution in [-0.2, 0) is 29.0 Å². The predicted octanol–water partition coefficient (Wildman–Crippen LogP) is 5.10. The van der Waals surface area contributed by atoms with E-state index in [4.69, 9.17) is 4.74 Å². The van der Waals surface area contributed by atoms with Crippen LogP contribution in [0.5, 0.6) is 5.75 Å². The fraction of sp³-hybridized carbons (Fsp3) is 0.333. The quantitative estimate of drug-likeness (QED) is 0.422. The van der Waals surface area contributed by atoms with E-state index in [1.807, 2.05) is 75.4 Å². The summed E-state index contributed by atoms with van der Waals surface area (Å²) in [4.78, 5) is 28.8. The molecule has 0 fully saturated rings. The number of nitrogens with one attached hydrogen (secondary N) is 1. The second-order valence-corrected chi connectivity index (χ2v) is 9.23. The van der Waals surface area contributed by atoms with Gasteiger partial charge in [-0.25, -0.2) is 0 Å². The molecule has 0 radical (unpaired) electrons. The fourth-order valence-electron chi connectivity index (χ4n) is 4.05. The van der Waals surface area contributed by atoms with Gasteiger partial charge < -0.3 is 15.0 Å². The van der Waals surface area contributed by atoms with Crippen molar-refractivity contribution in [2.75, 3.05) is 7.11 Å². The topological polar surface area (TPSA) is 58.6 Å². The van der Waals surface area contributed by atoms with Crippen LogP contribution in [0.2, 0.25) is 0 Å². The lowest BCUT2D eigenvalue weighted by Gasteiger charge is -2.32. The Labute approximate surface area is 209 Å². The number of rotatable bonds is 11. The molecule has 0 aliphatic carbocycles. The zero-order valence-corrected chi connectivity index (χ0v) is 21.2. The van der Waals surface area contributed by atoms with Gasteiger partial charge in [0.25, 0.3) is 0 Å². The van der Waals surface area contributed by atoms with Gasteiger partial charge in [-0.3, -0.25) is 9.59 Å². The van der Waals surface area contributed by atoms with Crippen LogP contribution < -0.4 is 10.1 Å². The molecule has 5 nitrogen and oxygen atoms in total. The van der Waals surface area contributed by atoms with Crippen molar-refractivity contribution in [2.45, 2.75) is 58.7 Å². The molecule has 0 aliphatic heterocycles. The molecule has 3 aromatic carbocycles. The maximum absolute atomic E-state index is 13.7. The number of benzene rings is 3. The summed E-state index contributed by atoms with van der Waals surface area (Å²) in [5.74, 6) is 0.532. The van der Waals surface area contributed by atoms with Crippen molar-refractivity contribution in [3.05, 3.63) is 101 Å². The molecule has 0 heterocycles. The molecule has 0 saturated carbocycles. The maximum Gasteiger partial charge on any atom is 0.243 e. The third kappa shape index (κ3) is 7.99. The lowest BCUT2D eigenvalue weighted by Crippen LogP contribution is -2.51. The van der Waals surface area contributed by atoms with Gasteiger partial charge >= 0.3 is 0 Å². The third-order valence-corrected chi connectivity index (χ3v) is 5.94. The summed E-state index contributed by atoms with van der Waals surface area (Å²) in [7, 11) is 1.62. The van der Waals surface area contributed by atoms with Gasteiger partial charge in [0, 0.05) is 25.4 Å². The highest BCUT2D eigenvalue weighted by molar-refractivity contribution is 5.88. The van der Waals surface area contributed by atoms with E-state index in [0.29, 0.717) is 25.8 Å². The van der Waals surface area contributed by atoms with E-state index in [-0.39, 0.29) is 17.9 Å². The highest BCUT2D eigenvalue weighted by Gasteiger charge is 2.30. The minimum Gasteiger partial charge on any atom is -0.497 e. The molecule has 0 spiro atoms. The molecule has 0 aromatic heterocycles. The third-order valence-electron chi connectivity index (χ3n) is 5.94. The molecular weight excluding hydrogens is 436 g/mol. The van der Waals surface area contributed by atoms with Crippen LogP contribution in [-0.4, -0.2) is 35.9 Å². The minimum absolute atomic E-state index is 0.0258. The first-order chi connectivity index (χ1) is 16.9. The number of ether oxygens (including phenoxy) is 1. The summed E-state index contributed by atoms with van der Waals surface area (Å²) in [6.07, 6.45) is 1.39. The summed E-state index contributed by atoms with van der Waals surface area (Å²) < 4.78 is 5.39. The average molecular weight is 473 g/mol. The van der Waals surface area contributed by atoms with E-state index in [1.54, 1.807) is 12.0 Å². The Morgan fingerprint density at radius 2 is 1.57 bits per heavy atom. The fourth-order valence-corrected chi connectivity index (χ4v) is 4.05. The normalized spacial score (nSPS) is 11.7. The number of amides is 2. The molecule has 0 unspecified atom stereocenters. The second-order valence-electron chi connectivity index (χ2n) is 9.23. The molecule has 0 aliphatic rings. The van der Waals surface area contributed by atoms with E-state index in [0.717, 1.165) is 22.4 Å². The van der Waals surface area contributed by atoms with E-state index in [9.17, 15) is 9.59 Å². The molecular formula is C30H36N2O3. The number of carbonyl (C=O) groups excluding carboxylic acids is 2. The van der Waals surface area contributed by atoms with Crippen molar-refractivity contribution < 1.29 is 14.3 Å². The van der Waals surface area contributed by atoms with Crippen LogP contribution in [0.3, 0.4) is 0 Å². The average Bonchev–Trinajstić information content (AvgIpc) is 2.86. The van der Waals surface area contributed by atoms with Gasteiger partial charge in [0.1, 0.15) is 11.8 Å². The zero-order chi connectivity index (χ0) is 25.2. The number of nitrogens with zero attached hydrogens (tertiary/aromatic N) is 1. The van der Waals surface area contributed by atoms with Crippen LogP contribution >= 0.6 is 0 Å².